The number of aliphatic hydroxyl groups is 1. The Morgan fingerprint density at radius 2 is 2.20 bits per heavy atom. The van der Waals surface area contributed by atoms with Crippen molar-refractivity contribution in [3.63, 3.8) is 0 Å². The van der Waals surface area contributed by atoms with Crippen LogP contribution >= 0.6 is 0 Å². The lowest BCUT2D eigenvalue weighted by atomic mass is 10.0. The molecule has 1 saturated heterocycles. The Bertz CT molecular complexity index is 192. The van der Waals surface area contributed by atoms with Gasteiger partial charge in [0, 0.05) is 19.6 Å². The van der Waals surface area contributed by atoms with Gasteiger partial charge in [-0.25, -0.2) is 0 Å². The van der Waals surface area contributed by atoms with Crippen molar-refractivity contribution >= 4 is 0 Å². The fraction of sp³-hybridized carbons (Fsp3) is 1.00. The van der Waals surface area contributed by atoms with E-state index in [0.29, 0.717) is 0 Å². The molecule has 0 spiro atoms. The summed E-state index contributed by atoms with van der Waals surface area (Å²) in [5.74, 6) is 0.721. The van der Waals surface area contributed by atoms with E-state index in [2.05, 4.69) is 32.6 Å². The molecule has 0 aromatic heterocycles. The Hall–Kier alpha value is -0.120. The zero-order valence-electron chi connectivity index (χ0n) is 10.5. The highest BCUT2D eigenvalue weighted by molar-refractivity contribution is 4.84. The van der Waals surface area contributed by atoms with Crippen LogP contribution < -0.4 is 0 Å². The largest absolute Gasteiger partial charge is 0.394 e. The third kappa shape index (κ3) is 4.09. The summed E-state index contributed by atoms with van der Waals surface area (Å²) in [6, 6.07) is 0. The molecule has 2 atom stereocenters. The summed E-state index contributed by atoms with van der Waals surface area (Å²) >= 11 is 0. The monoisotopic (exact) mass is 215 g/mol. The lowest BCUT2D eigenvalue weighted by Gasteiger charge is -2.43. The molecule has 1 aliphatic heterocycles. The number of hydrogen-bond acceptors (Lipinski definition) is 3. The predicted octanol–water partition coefficient (Wildman–Crippen LogP) is 1.50. The fourth-order valence-corrected chi connectivity index (χ4v) is 2.22. The normalized spacial score (nSPS) is 29.0. The SMILES string of the molecule is CCC(C)CN1CC(CO)OC(C)(C)C1. The minimum absolute atomic E-state index is 0.0159. The molecule has 1 aliphatic rings. The van der Waals surface area contributed by atoms with E-state index in [9.17, 15) is 5.11 Å². The molecule has 0 aromatic carbocycles. The quantitative estimate of drug-likeness (QED) is 0.771. The maximum atomic E-state index is 9.18. The standard InChI is InChI=1S/C12H25NO2/c1-5-10(2)6-13-7-11(8-14)15-12(3,4)9-13/h10-11,14H,5-9H2,1-4H3. The average Bonchev–Trinajstić information content (AvgIpc) is 2.15. The number of nitrogens with zero attached hydrogens (tertiary/aromatic N) is 1. The van der Waals surface area contributed by atoms with Crippen molar-refractivity contribution in [1.82, 2.24) is 4.90 Å². The van der Waals surface area contributed by atoms with E-state index in [-0.39, 0.29) is 18.3 Å². The smallest absolute Gasteiger partial charge is 0.0940 e. The highest BCUT2D eigenvalue weighted by Crippen LogP contribution is 2.21. The molecule has 0 aromatic rings. The summed E-state index contributed by atoms with van der Waals surface area (Å²) in [5.41, 5.74) is -0.126. The van der Waals surface area contributed by atoms with Crippen LogP contribution in [0.5, 0.6) is 0 Å². The van der Waals surface area contributed by atoms with Crippen molar-refractivity contribution in [2.75, 3.05) is 26.2 Å². The van der Waals surface area contributed by atoms with E-state index in [1.807, 2.05) is 0 Å². The summed E-state index contributed by atoms with van der Waals surface area (Å²) in [6.07, 6.45) is 1.19. The van der Waals surface area contributed by atoms with E-state index < -0.39 is 0 Å². The topological polar surface area (TPSA) is 32.7 Å². The molecule has 15 heavy (non-hydrogen) atoms. The van der Waals surface area contributed by atoms with Crippen molar-refractivity contribution in [2.45, 2.75) is 45.8 Å². The first-order chi connectivity index (χ1) is 6.96. The van der Waals surface area contributed by atoms with Crippen LogP contribution in [-0.4, -0.2) is 48.0 Å². The van der Waals surface area contributed by atoms with Crippen molar-refractivity contribution in [3.8, 4) is 0 Å². The summed E-state index contributed by atoms with van der Waals surface area (Å²) < 4.78 is 5.78. The summed E-state index contributed by atoms with van der Waals surface area (Å²) in [5, 5.41) is 9.18. The molecule has 1 rings (SSSR count). The van der Waals surface area contributed by atoms with E-state index in [1.54, 1.807) is 0 Å². The van der Waals surface area contributed by atoms with Gasteiger partial charge in [0.15, 0.2) is 0 Å². The first-order valence-corrected chi connectivity index (χ1v) is 5.98. The molecule has 3 heteroatoms. The van der Waals surface area contributed by atoms with Crippen LogP contribution in [-0.2, 0) is 4.74 Å². The predicted molar refractivity (Wildman–Crippen MR) is 61.9 cm³/mol. The van der Waals surface area contributed by atoms with Gasteiger partial charge in [0.05, 0.1) is 18.3 Å². The molecular formula is C12H25NO2. The molecule has 90 valence electrons. The number of rotatable bonds is 4. The van der Waals surface area contributed by atoms with Crippen LogP contribution in [0.2, 0.25) is 0 Å². The van der Waals surface area contributed by atoms with Gasteiger partial charge in [-0.3, -0.25) is 4.90 Å². The molecule has 1 N–H and O–H groups in total. The Morgan fingerprint density at radius 1 is 1.53 bits per heavy atom. The first-order valence-electron chi connectivity index (χ1n) is 5.98. The number of hydrogen-bond donors (Lipinski definition) is 1. The molecular weight excluding hydrogens is 190 g/mol. The zero-order chi connectivity index (χ0) is 11.5. The van der Waals surface area contributed by atoms with Gasteiger partial charge in [0.2, 0.25) is 0 Å². The molecule has 1 fully saturated rings. The summed E-state index contributed by atoms with van der Waals surface area (Å²) in [4.78, 5) is 2.42. The lowest BCUT2D eigenvalue weighted by molar-refractivity contribution is -0.150. The van der Waals surface area contributed by atoms with Crippen LogP contribution in [0.25, 0.3) is 0 Å². The van der Waals surface area contributed by atoms with E-state index in [4.69, 9.17) is 4.74 Å². The van der Waals surface area contributed by atoms with Gasteiger partial charge in [-0.15, -0.1) is 0 Å². The van der Waals surface area contributed by atoms with Gasteiger partial charge < -0.3 is 9.84 Å². The lowest BCUT2D eigenvalue weighted by Crippen LogP contribution is -2.54. The van der Waals surface area contributed by atoms with Crippen LogP contribution in [0, 0.1) is 5.92 Å². The van der Waals surface area contributed by atoms with Crippen LogP contribution in [0.4, 0.5) is 0 Å². The fourth-order valence-electron chi connectivity index (χ4n) is 2.22. The number of ether oxygens (including phenoxy) is 1. The molecule has 1 heterocycles. The van der Waals surface area contributed by atoms with Crippen molar-refractivity contribution in [1.29, 1.82) is 0 Å². The zero-order valence-corrected chi connectivity index (χ0v) is 10.5. The maximum Gasteiger partial charge on any atom is 0.0940 e. The molecule has 3 nitrogen and oxygen atoms in total. The second-order valence-electron chi connectivity index (χ2n) is 5.39. The van der Waals surface area contributed by atoms with Gasteiger partial charge in [-0.2, -0.15) is 0 Å². The first kappa shape index (κ1) is 12.9. The van der Waals surface area contributed by atoms with Crippen molar-refractivity contribution < 1.29 is 9.84 Å². The van der Waals surface area contributed by atoms with Gasteiger partial charge in [0.1, 0.15) is 0 Å². The minimum Gasteiger partial charge on any atom is -0.394 e. The number of morpholine rings is 1. The van der Waals surface area contributed by atoms with Gasteiger partial charge in [-0.1, -0.05) is 20.3 Å². The molecule has 0 aliphatic carbocycles. The average molecular weight is 215 g/mol. The third-order valence-corrected chi connectivity index (χ3v) is 3.02. The highest BCUT2D eigenvalue weighted by atomic mass is 16.5. The Labute approximate surface area is 93.4 Å². The Balaban J connectivity index is 2.50. The molecule has 2 unspecified atom stereocenters. The van der Waals surface area contributed by atoms with E-state index >= 15 is 0 Å². The van der Waals surface area contributed by atoms with Crippen LogP contribution in [0.3, 0.4) is 0 Å². The Morgan fingerprint density at radius 3 is 2.73 bits per heavy atom. The molecule has 0 amide bonds. The van der Waals surface area contributed by atoms with Gasteiger partial charge in [-0.05, 0) is 19.8 Å². The molecule has 0 bridgehead atoms. The summed E-state index contributed by atoms with van der Waals surface area (Å²) in [7, 11) is 0. The van der Waals surface area contributed by atoms with E-state index in [1.165, 1.54) is 6.42 Å². The van der Waals surface area contributed by atoms with Gasteiger partial charge >= 0.3 is 0 Å². The van der Waals surface area contributed by atoms with Crippen LogP contribution in [0.1, 0.15) is 34.1 Å². The highest BCUT2D eigenvalue weighted by Gasteiger charge is 2.33. The van der Waals surface area contributed by atoms with Crippen molar-refractivity contribution in [3.05, 3.63) is 0 Å². The maximum absolute atomic E-state index is 9.18. The number of aliphatic hydroxyl groups excluding tert-OH is 1. The third-order valence-electron chi connectivity index (χ3n) is 3.02. The summed E-state index contributed by atoms with van der Waals surface area (Å²) in [6.45, 7) is 11.8. The second kappa shape index (κ2) is 5.28. The van der Waals surface area contributed by atoms with Crippen LogP contribution in [0.15, 0.2) is 0 Å². The second-order valence-corrected chi connectivity index (χ2v) is 5.39. The minimum atomic E-state index is -0.126. The molecule has 0 radical (unpaired) electrons. The Kier molecular flexibility index (Phi) is 4.56. The van der Waals surface area contributed by atoms with Gasteiger partial charge in [0.25, 0.3) is 0 Å². The van der Waals surface area contributed by atoms with E-state index in [0.717, 1.165) is 25.6 Å². The molecule has 0 saturated carbocycles. The van der Waals surface area contributed by atoms with Crippen molar-refractivity contribution in [2.24, 2.45) is 5.92 Å².